The van der Waals surface area contributed by atoms with Gasteiger partial charge in [0, 0.05) is 28.8 Å². The Balaban J connectivity index is 2.39. The maximum atomic E-state index is 10.9. The van der Waals surface area contributed by atoms with Gasteiger partial charge in [0.25, 0.3) is 5.69 Å². The molecule has 0 saturated carbocycles. The molecule has 8 heteroatoms. The average molecular weight is 308 g/mol. The van der Waals surface area contributed by atoms with Gasteiger partial charge in [-0.1, -0.05) is 0 Å². The summed E-state index contributed by atoms with van der Waals surface area (Å²) in [5, 5.41) is 24.0. The number of thioether (sulfide) groups is 1. The molecule has 0 radical (unpaired) electrons. The Morgan fingerprint density at radius 1 is 1.48 bits per heavy atom. The highest BCUT2D eigenvalue weighted by Crippen LogP contribution is 2.25. The number of fused-ring (bicyclic) bond motifs is 1. The molecule has 2 N–H and O–H groups in total. The Morgan fingerprint density at radius 2 is 2.24 bits per heavy atom. The molecule has 0 aliphatic heterocycles. The second-order valence-electron chi connectivity index (χ2n) is 4.57. The molecular weight excluding hydrogens is 292 g/mol. The predicted octanol–water partition coefficient (Wildman–Crippen LogP) is 2.06. The minimum Gasteiger partial charge on any atom is -0.395 e. The fraction of sp³-hybridized carbons (Fsp3) is 0.385. The van der Waals surface area contributed by atoms with Crippen LogP contribution in [0.25, 0.3) is 10.9 Å². The van der Waals surface area contributed by atoms with Crippen LogP contribution in [0.15, 0.2) is 24.5 Å². The number of aromatic nitrogens is 2. The SMILES string of the molecule is CSC(CO)C(C)Nc1ncnc2ccc([N+](=O)[O-])cc12. The summed E-state index contributed by atoms with van der Waals surface area (Å²) in [7, 11) is 0. The second kappa shape index (κ2) is 6.68. The van der Waals surface area contributed by atoms with Gasteiger partial charge in [-0.15, -0.1) is 0 Å². The first-order chi connectivity index (χ1) is 10.1. The van der Waals surface area contributed by atoms with Crippen molar-refractivity contribution in [1.82, 2.24) is 9.97 Å². The van der Waals surface area contributed by atoms with E-state index in [0.29, 0.717) is 16.7 Å². The smallest absolute Gasteiger partial charge is 0.270 e. The van der Waals surface area contributed by atoms with E-state index in [-0.39, 0.29) is 23.6 Å². The summed E-state index contributed by atoms with van der Waals surface area (Å²) >= 11 is 1.55. The van der Waals surface area contributed by atoms with Crippen LogP contribution in [0.5, 0.6) is 0 Å². The summed E-state index contributed by atoms with van der Waals surface area (Å²) in [4.78, 5) is 18.7. The number of nitro benzene ring substituents is 1. The van der Waals surface area contributed by atoms with Crippen LogP contribution in [0.4, 0.5) is 11.5 Å². The highest BCUT2D eigenvalue weighted by atomic mass is 32.2. The Labute approximate surface area is 125 Å². The normalized spacial score (nSPS) is 13.9. The first kappa shape index (κ1) is 15.5. The topological polar surface area (TPSA) is 101 Å². The summed E-state index contributed by atoms with van der Waals surface area (Å²) in [5.74, 6) is 0.531. The van der Waals surface area contributed by atoms with Gasteiger partial charge in [-0.2, -0.15) is 11.8 Å². The van der Waals surface area contributed by atoms with E-state index in [1.807, 2.05) is 13.2 Å². The van der Waals surface area contributed by atoms with Gasteiger partial charge < -0.3 is 10.4 Å². The van der Waals surface area contributed by atoms with Gasteiger partial charge in [-0.05, 0) is 19.2 Å². The van der Waals surface area contributed by atoms with E-state index in [9.17, 15) is 15.2 Å². The molecule has 0 fully saturated rings. The minimum atomic E-state index is -0.446. The van der Waals surface area contributed by atoms with E-state index in [1.54, 1.807) is 17.8 Å². The molecule has 0 spiro atoms. The van der Waals surface area contributed by atoms with E-state index in [2.05, 4.69) is 15.3 Å². The standard InChI is InChI=1S/C13H16N4O3S/c1-8(12(6-18)21-2)16-13-10-5-9(17(19)20)3-4-11(10)14-7-15-13/h3-5,7-8,12,18H,6H2,1-2H3,(H,14,15,16). The zero-order chi connectivity index (χ0) is 15.4. The van der Waals surface area contributed by atoms with Crippen molar-refractivity contribution in [2.75, 3.05) is 18.2 Å². The molecule has 0 aliphatic carbocycles. The zero-order valence-corrected chi connectivity index (χ0v) is 12.5. The Kier molecular flexibility index (Phi) is 4.92. The van der Waals surface area contributed by atoms with E-state index in [1.165, 1.54) is 18.5 Å². The van der Waals surface area contributed by atoms with Crippen LogP contribution in [0, 0.1) is 10.1 Å². The minimum absolute atomic E-state index is 0.00317. The molecule has 1 aromatic carbocycles. The van der Waals surface area contributed by atoms with Crippen LogP contribution in [-0.4, -0.2) is 44.2 Å². The number of aliphatic hydroxyl groups excluding tert-OH is 1. The number of hydrogen-bond donors (Lipinski definition) is 2. The number of non-ortho nitro benzene ring substituents is 1. The van der Waals surface area contributed by atoms with Crippen LogP contribution < -0.4 is 5.32 Å². The van der Waals surface area contributed by atoms with Crippen molar-refractivity contribution >= 4 is 34.2 Å². The molecule has 2 unspecified atom stereocenters. The third-order valence-electron chi connectivity index (χ3n) is 3.23. The molecule has 1 heterocycles. The lowest BCUT2D eigenvalue weighted by Crippen LogP contribution is -2.31. The van der Waals surface area contributed by atoms with Crippen LogP contribution in [0.1, 0.15) is 6.92 Å². The number of nitro groups is 1. The van der Waals surface area contributed by atoms with Crippen molar-refractivity contribution in [3.63, 3.8) is 0 Å². The third kappa shape index (κ3) is 3.40. The number of hydrogen-bond acceptors (Lipinski definition) is 7. The van der Waals surface area contributed by atoms with Gasteiger partial charge in [-0.25, -0.2) is 9.97 Å². The number of nitrogens with zero attached hydrogens (tertiary/aromatic N) is 3. The van der Waals surface area contributed by atoms with Crippen molar-refractivity contribution < 1.29 is 10.0 Å². The first-order valence-electron chi connectivity index (χ1n) is 6.36. The van der Waals surface area contributed by atoms with E-state index in [4.69, 9.17) is 0 Å². The molecule has 1 aromatic heterocycles. The van der Waals surface area contributed by atoms with E-state index in [0.717, 1.165) is 0 Å². The fourth-order valence-electron chi connectivity index (χ4n) is 2.02. The van der Waals surface area contributed by atoms with Gasteiger partial charge >= 0.3 is 0 Å². The van der Waals surface area contributed by atoms with Gasteiger partial charge in [0.1, 0.15) is 12.1 Å². The summed E-state index contributed by atoms with van der Waals surface area (Å²) in [5.41, 5.74) is 0.631. The van der Waals surface area contributed by atoms with Crippen molar-refractivity contribution in [1.29, 1.82) is 0 Å². The predicted molar refractivity (Wildman–Crippen MR) is 83.7 cm³/mol. The van der Waals surface area contributed by atoms with Crippen molar-refractivity contribution in [2.24, 2.45) is 0 Å². The Morgan fingerprint density at radius 3 is 2.86 bits per heavy atom. The molecule has 2 atom stereocenters. The Bertz CT molecular complexity index is 648. The lowest BCUT2D eigenvalue weighted by Gasteiger charge is -2.22. The second-order valence-corrected chi connectivity index (χ2v) is 5.65. The number of anilines is 1. The highest BCUT2D eigenvalue weighted by molar-refractivity contribution is 7.99. The number of nitrogens with one attached hydrogen (secondary N) is 1. The molecule has 2 aromatic rings. The third-order valence-corrected chi connectivity index (χ3v) is 4.40. The summed E-state index contributed by atoms with van der Waals surface area (Å²) in [6.45, 7) is 1.97. The maximum Gasteiger partial charge on any atom is 0.270 e. The molecule has 0 aliphatic rings. The molecule has 112 valence electrons. The van der Waals surface area contributed by atoms with Gasteiger partial charge in [0.2, 0.25) is 0 Å². The summed E-state index contributed by atoms with van der Waals surface area (Å²) in [6.07, 6.45) is 3.33. The molecule has 0 saturated heterocycles. The van der Waals surface area contributed by atoms with Crippen LogP contribution >= 0.6 is 11.8 Å². The molecule has 7 nitrogen and oxygen atoms in total. The molecule has 21 heavy (non-hydrogen) atoms. The average Bonchev–Trinajstić information content (AvgIpc) is 2.48. The van der Waals surface area contributed by atoms with E-state index >= 15 is 0 Å². The zero-order valence-electron chi connectivity index (χ0n) is 11.7. The lowest BCUT2D eigenvalue weighted by molar-refractivity contribution is -0.384. The highest BCUT2D eigenvalue weighted by Gasteiger charge is 2.17. The molecule has 2 rings (SSSR count). The quantitative estimate of drug-likeness (QED) is 0.622. The van der Waals surface area contributed by atoms with Crippen molar-refractivity contribution in [3.05, 3.63) is 34.6 Å². The first-order valence-corrected chi connectivity index (χ1v) is 7.65. The van der Waals surface area contributed by atoms with Crippen molar-refractivity contribution in [3.8, 4) is 0 Å². The number of rotatable bonds is 6. The number of aliphatic hydroxyl groups is 1. The number of benzene rings is 1. The van der Waals surface area contributed by atoms with Crippen LogP contribution in [0.3, 0.4) is 0 Å². The molecular formula is C13H16N4O3S. The lowest BCUT2D eigenvalue weighted by atomic mass is 10.2. The van der Waals surface area contributed by atoms with Crippen LogP contribution in [-0.2, 0) is 0 Å². The molecule has 0 bridgehead atoms. The monoisotopic (exact) mass is 308 g/mol. The summed E-state index contributed by atoms with van der Waals surface area (Å²) < 4.78 is 0. The largest absolute Gasteiger partial charge is 0.395 e. The fourth-order valence-corrected chi connectivity index (χ4v) is 2.64. The molecule has 0 amide bonds. The van der Waals surface area contributed by atoms with Crippen LogP contribution in [0.2, 0.25) is 0 Å². The maximum absolute atomic E-state index is 10.9. The van der Waals surface area contributed by atoms with Crippen molar-refractivity contribution in [2.45, 2.75) is 18.2 Å². The van der Waals surface area contributed by atoms with Gasteiger partial charge in [-0.3, -0.25) is 10.1 Å². The summed E-state index contributed by atoms with van der Waals surface area (Å²) in [6, 6.07) is 4.43. The van der Waals surface area contributed by atoms with Gasteiger partial charge in [0.15, 0.2) is 0 Å². The Hall–Kier alpha value is -1.93. The van der Waals surface area contributed by atoms with E-state index < -0.39 is 4.92 Å². The van der Waals surface area contributed by atoms with Gasteiger partial charge in [0.05, 0.1) is 17.0 Å².